The quantitative estimate of drug-likeness (QED) is 0.905. The Bertz CT molecular complexity index is 751. The number of rotatable bonds is 3. The minimum atomic E-state index is -0.363. The normalized spacial score (nSPS) is 26.6. The zero-order valence-electron chi connectivity index (χ0n) is 12.8. The third kappa shape index (κ3) is 2.62. The zero-order chi connectivity index (χ0) is 16.0. The van der Waals surface area contributed by atoms with E-state index in [0.717, 1.165) is 38.9 Å². The SMILES string of the molecule is O=C(NCC12CCN(CC1)CC2)c1[nH]c2ccc(F)cc2c1Cl. The van der Waals surface area contributed by atoms with E-state index in [1.807, 2.05) is 0 Å². The van der Waals surface area contributed by atoms with Crippen molar-refractivity contribution in [2.45, 2.75) is 19.3 Å². The highest BCUT2D eigenvalue weighted by Gasteiger charge is 2.39. The van der Waals surface area contributed by atoms with Gasteiger partial charge in [-0.05, 0) is 62.5 Å². The van der Waals surface area contributed by atoms with Crippen LogP contribution in [0, 0.1) is 11.2 Å². The Hall–Kier alpha value is -1.59. The minimum Gasteiger partial charge on any atom is -0.350 e. The van der Waals surface area contributed by atoms with Crippen LogP contribution in [0.25, 0.3) is 10.9 Å². The first-order valence-corrected chi connectivity index (χ1v) is 8.41. The molecule has 3 aliphatic rings. The minimum absolute atomic E-state index is 0.214. The average Bonchev–Trinajstić information content (AvgIpc) is 2.91. The van der Waals surface area contributed by atoms with E-state index < -0.39 is 0 Å². The summed E-state index contributed by atoms with van der Waals surface area (Å²) in [5.41, 5.74) is 1.22. The summed E-state index contributed by atoms with van der Waals surface area (Å²) >= 11 is 6.26. The van der Waals surface area contributed by atoms with E-state index in [-0.39, 0.29) is 22.2 Å². The highest BCUT2D eigenvalue weighted by Crippen LogP contribution is 2.39. The van der Waals surface area contributed by atoms with Gasteiger partial charge in [-0.1, -0.05) is 11.6 Å². The number of benzene rings is 1. The number of nitrogens with one attached hydrogen (secondary N) is 2. The van der Waals surface area contributed by atoms with E-state index in [9.17, 15) is 9.18 Å². The monoisotopic (exact) mass is 335 g/mol. The van der Waals surface area contributed by atoms with Crippen molar-refractivity contribution < 1.29 is 9.18 Å². The van der Waals surface area contributed by atoms with Gasteiger partial charge in [0.05, 0.1) is 5.02 Å². The second kappa shape index (κ2) is 5.49. The number of hydrogen-bond acceptors (Lipinski definition) is 2. The van der Waals surface area contributed by atoms with Gasteiger partial charge in [-0.2, -0.15) is 0 Å². The number of aromatic amines is 1. The Morgan fingerprint density at radius 2 is 2.00 bits per heavy atom. The van der Waals surface area contributed by atoms with Gasteiger partial charge >= 0.3 is 0 Å². The average molecular weight is 336 g/mol. The van der Waals surface area contributed by atoms with Crippen LogP contribution in [0.5, 0.6) is 0 Å². The molecule has 0 unspecified atom stereocenters. The molecular formula is C17H19ClFN3O. The Balaban J connectivity index is 1.52. The number of H-pyrrole nitrogens is 1. The molecule has 1 aromatic heterocycles. The predicted molar refractivity (Wildman–Crippen MR) is 88.3 cm³/mol. The maximum Gasteiger partial charge on any atom is 0.269 e. The summed E-state index contributed by atoms with van der Waals surface area (Å²) in [5, 5.41) is 3.86. The molecule has 4 heterocycles. The standard InChI is InChI=1S/C17H19ClFN3O/c18-14-12-9-11(19)1-2-13(12)21-15(14)16(23)20-10-17-3-6-22(7-4-17)8-5-17/h1-2,9,21H,3-8,10H2,(H,20,23). The summed E-state index contributed by atoms with van der Waals surface area (Å²) in [6.07, 6.45) is 3.41. The van der Waals surface area contributed by atoms with Crippen LogP contribution in [0.15, 0.2) is 18.2 Å². The fourth-order valence-electron chi connectivity index (χ4n) is 3.81. The molecular weight excluding hydrogens is 317 g/mol. The van der Waals surface area contributed by atoms with Gasteiger partial charge in [0.15, 0.2) is 0 Å². The van der Waals surface area contributed by atoms with Gasteiger partial charge in [0.25, 0.3) is 5.91 Å². The lowest BCUT2D eigenvalue weighted by molar-refractivity contribution is 0.0262. The van der Waals surface area contributed by atoms with E-state index in [1.165, 1.54) is 12.1 Å². The molecule has 23 heavy (non-hydrogen) atoms. The molecule has 0 atom stereocenters. The lowest BCUT2D eigenvalue weighted by Gasteiger charge is -2.48. The summed E-state index contributed by atoms with van der Waals surface area (Å²) in [4.78, 5) is 18.0. The Labute approximate surface area is 139 Å². The molecule has 3 saturated heterocycles. The molecule has 122 valence electrons. The van der Waals surface area contributed by atoms with Crippen LogP contribution in [-0.2, 0) is 0 Å². The number of fused-ring (bicyclic) bond motifs is 4. The Morgan fingerprint density at radius 1 is 1.30 bits per heavy atom. The van der Waals surface area contributed by atoms with Gasteiger partial charge < -0.3 is 15.2 Å². The third-order valence-electron chi connectivity index (χ3n) is 5.42. The number of carbonyl (C=O) groups is 1. The number of amides is 1. The largest absolute Gasteiger partial charge is 0.350 e. The molecule has 4 nitrogen and oxygen atoms in total. The molecule has 1 aromatic carbocycles. The second-order valence-corrected chi connectivity index (χ2v) is 7.16. The van der Waals surface area contributed by atoms with Crippen molar-refractivity contribution in [1.29, 1.82) is 0 Å². The number of piperidine rings is 3. The molecule has 1 amide bonds. The van der Waals surface area contributed by atoms with E-state index in [1.54, 1.807) is 6.07 Å². The second-order valence-electron chi connectivity index (χ2n) is 6.78. The van der Waals surface area contributed by atoms with Gasteiger partial charge in [0.1, 0.15) is 11.5 Å². The van der Waals surface area contributed by atoms with Crippen molar-refractivity contribution in [3.05, 3.63) is 34.7 Å². The predicted octanol–water partition coefficient (Wildman–Crippen LogP) is 3.18. The van der Waals surface area contributed by atoms with Gasteiger partial charge in [0.2, 0.25) is 0 Å². The van der Waals surface area contributed by atoms with E-state index in [0.29, 0.717) is 23.1 Å². The molecule has 6 heteroatoms. The van der Waals surface area contributed by atoms with Crippen molar-refractivity contribution in [2.75, 3.05) is 26.2 Å². The lowest BCUT2D eigenvalue weighted by atomic mass is 9.72. The third-order valence-corrected chi connectivity index (χ3v) is 5.82. The van der Waals surface area contributed by atoms with Crippen molar-refractivity contribution >= 4 is 28.4 Å². The Kier molecular flexibility index (Phi) is 3.58. The smallest absolute Gasteiger partial charge is 0.269 e. The Morgan fingerprint density at radius 3 is 2.70 bits per heavy atom. The van der Waals surface area contributed by atoms with Crippen LogP contribution in [-0.4, -0.2) is 42.0 Å². The van der Waals surface area contributed by atoms with Crippen LogP contribution in [0.1, 0.15) is 29.8 Å². The molecule has 0 saturated carbocycles. The summed E-state index contributed by atoms with van der Waals surface area (Å²) in [5.74, 6) is -0.577. The fourth-order valence-corrected chi connectivity index (χ4v) is 4.09. The number of halogens is 2. The summed E-state index contributed by atoms with van der Waals surface area (Å²) in [6, 6.07) is 4.30. The molecule has 3 fully saturated rings. The number of carbonyl (C=O) groups excluding carboxylic acids is 1. The fraction of sp³-hybridized carbons (Fsp3) is 0.471. The lowest BCUT2D eigenvalue weighted by Crippen LogP contribution is -2.52. The van der Waals surface area contributed by atoms with Crippen LogP contribution < -0.4 is 5.32 Å². The molecule has 2 N–H and O–H groups in total. The first-order chi connectivity index (χ1) is 11.1. The molecule has 2 bridgehead atoms. The summed E-state index contributed by atoms with van der Waals surface area (Å²) < 4.78 is 13.3. The number of nitrogens with zero attached hydrogens (tertiary/aromatic N) is 1. The van der Waals surface area contributed by atoms with Gasteiger partial charge in [-0.3, -0.25) is 4.79 Å². The first kappa shape index (κ1) is 15.0. The highest BCUT2D eigenvalue weighted by molar-refractivity contribution is 6.38. The highest BCUT2D eigenvalue weighted by atomic mass is 35.5. The molecule has 5 rings (SSSR count). The summed E-state index contributed by atoms with van der Waals surface area (Å²) in [6.45, 7) is 4.06. The maximum atomic E-state index is 13.3. The van der Waals surface area contributed by atoms with Gasteiger partial charge in [0, 0.05) is 17.4 Å². The summed E-state index contributed by atoms with van der Waals surface area (Å²) in [7, 11) is 0. The topological polar surface area (TPSA) is 48.1 Å². The van der Waals surface area contributed by atoms with Crippen molar-refractivity contribution in [3.63, 3.8) is 0 Å². The first-order valence-electron chi connectivity index (χ1n) is 8.04. The van der Waals surface area contributed by atoms with E-state index in [4.69, 9.17) is 11.6 Å². The maximum absolute atomic E-state index is 13.3. The zero-order valence-corrected chi connectivity index (χ0v) is 13.5. The van der Waals surface area contributed by atoms with Crippen LogP contribution in [0.3, 0.4) is 0 Å². The van der Waals surface area contributed by atoms with Gasteiger partial charge in [-0.25, -0.2) is 4.39 Å². The molecule has 3 aliphatic heterocycles. The van der Waals surface area contributed by atoms with Crippen molar-refractivity contribution in [1.82, 2.24) is 15.2 Å². The number of aromatic nitrogens is 1. The molecule has 2 aromatic rings. The van der Waals surface area contributed by atoms with Crippen LogP contribution >= 0.6 is 11.6 Å². The van der Waals surface area contributed by atoms with Crippen LogP contribution in [0.4, 0.5) is 4.39 Å². The van der Waals surface area contributed by atoms with Crippen molar-refractivity contribution in [2.24, 2.45) is 5.41 Å². The molecule has 0 aliphatic carbocycles. The number of hydrogen-bond donors (Lipinski definition) is 2. The van der Waals surface area contributed by atoms with E-state index in [2.05, 4.69) is 15.2 Å². The van der Waals surface area contributed by atoms with Gasteiger partial charge in [-0.15, -0.1) is 0 Å². The molecule has 0 spiro atoms. The van der Waals surface area contributed by atoms with Crippen LogP contribution in [0.2, 0.25) is 5.02 Å². The van der Waals surface area contributed by atoms with E-state index >= 15 is 0 Å². The van der Waals surface area contributed by atoms with Crippen molar-refractivity contribution in [3.8, 4) is 0 Å². The molecule has 0 radical (unpaired) electrons.